The number of pyridine rings is 1. The molecule has 1 fully saturated rings. The molecule has 0 bridgehead atoms. The number of piperidine rings is 1. The van der Waals surface area contributed by atoms with Crippen LogP contribution >= 0.6 is 11.6 Å². The molecule has 0 radical (unpaired) electrons. The minimum Gasteiger partial charge on any atom is -0.370 e. The number of hydrogen-bond acceptors (Lipinski definition) is 3. The van der Waals surface area contributed by atoms with Crippen LogP contribution < -0.4 is 5.73 Å². The van der Waals surface area contributed by atoms with Crippen LogP contribution in [0.5, 0.6) is 0 Å². The first kappa shape index (κ1) is 13.8. The summed E-state index contributed by atoms with van der Waals surface area (Å²) < 4.78 is 0. The summed E-state index contributed by atoms with van der Waals surface area (Å²) in [4.78, 5) is 28.8. The van der Waals surface area contributed by atoms with Crippen molar-refractivity contribution in [2.45, 2.75) is 19.3 Å². The number of rotatable bonds is 3. The van der Waals surface area contributed by atoms with Crippen LogP contribution in [0.4, 0.5) is 0 Å². The zero-order chi connectivity index (χ0) is 13.8. The van der Waals surface area contributed by atoms with Gasteiger partial charge in [0.2, 0.25) is 5.91 Å². The Kier molecular flexibility index (Phi) is 4.37. The summed E-state index contributed by atoms with van der Waals surface area (Å²) in [7, 11) is 0. The van der Waals surface area contributed by atoms with Crippen molar-refractivity contribution >= 4 is 23.4 Å². The summed E-state index contributed by atoms with van der Waals surface area (Å²) >= 11 is 5.92. The van der Waals surface area contributed by atoms with Crippen molar-refractivity contribution in [2.75, 3.05) is 13.1 Å². The monoisotopic (exact) mass is 281 g/mol. The second-order valence-electron chi connectivity index (χ2n) is 4.75. The van der Waals surface area contributed by atoms with Crippen LogP contribution in [0.15, 0.2) is 18.3 Å². The van der Waals surface area contributed by atoms with Crippen LogP contribution in [-0.4, -0.2) is 34.8 Å². The molecule has 2 amide bonds. The average Bonchev–Trinajstić information content (AvgIpc) is 2.39. The summed E-state index contributed by atoms with van der Waals surface area (Å²) in [5, 5.41) is 0.228. The van der Waals surface area contributed by atoms with Crippen LogP contribution in [0.25, 0.3) is 0 Å². The zero-order valence-electron chi connectivity index (χ0n) is 10.5. The van der Waals surface area contributed by atoms with Crippen molar-refractivity contribution in [3.05, 3.63) is 29.0 Å². The van der Waals surface area contributed by atoms with Gasteiger partial charge in [0, 0.05) is 25.7 Å². The van der Waals surface area contributed by atoms with E-state index in [9.17, 15) is 9.59 Å². The molecule has 1 aliphatic heterocycles. The van der Waals surface area contributed by atoms with Crippen molar-refractivity contribution in [1.82, 2.24) is 9.88 Å². The second-order valence-corrected chi connectivity index (χ2v) is 5.11. The van der Waals surface area contributed by atoms with Gasteiger partial charge in [-0.1, -0.05) is 11.6 Å². The Morgan fingerprint density at radius 1 is 1.42 bits per heavy atom. The molecular weight excluding hydrogens is 266 g/mol. The number of amides is 2. The summed E-state index contributed by atoms with van der Waals surface area (Å²) in [6.07, 6.45) is 3.55. The van der Waals surface area contributed by atoms with E-state index in [4.69, 9.17) is 17.3 Å². The molecule has 0 aromatic carbocycles. The predicted octanol–water partition coefficient (Wildman–Crippen LogP) is 1.46. The molecule has 6 heteroatoms. The highest BCUT2D eigenvalue weighted by Crippen LogP contribution is 2.23. The molecule has 0 atom stereocenters. The van der Waals surface area contributed by atoms with Gasteiger partial charge < -0.3 is 10.6 Å². The number of carbonyl (C=O) groups is 2. The van der Waals surface area contributed by atoms with E-state index in [1.165, 1.54) is 0 Å². The Morgan fingerprint density at radius 2 is 2.11 bits per heavy atom. The van der Waals surface area contributed by atoms with E-state index >= 15 is 0 Å². The lowest BCUT2D eigenvalue weighted by atomic mass is 9.93. The molecule has 0 saturated carbocycles. The lowest BCUT2D eigenvalue weighted by Gasteiger charge is -2.31. The number of halogens is 1. The van der Waals surface area contributed by atoms with Gasteiger partial charge in [-0.15, -0.1) is 0 Å². The summed E-state index contributed by atoms with van der Waals surface area (Å²) in [6, 6.07) is 3.37. The van der Waals surface area contributed by atoms with Gasteiger partial charge in [0.25, 0.3) is 5.91 Å². The van der Waals surface area contributed by atoms with E-state index in [2.05, 4.69) is 4.98 Å². The van der Waals surface area contributed by atoms with E-state index in [0.29, 0.717) is 25.1 Å². The topological polar surface area (TPSA) is 76.3 Å². The number of hydrogen-bond donors (Lipinski definition) is 1. The smallest absolute Gasteiger partial charge is 0.256 e. The molecule has 0 unspecified atom stereocenters. The summed E-state index contributed by atoms with van der Waals surface area (Å²) in [6.45, 7) is 1.25. The van der Waals surface area contributed by atoms with Gasteiger partial charge >= 0.3 is 0 Å². The van der Waals surface area contributed by atoms with Gasteiger partial charge in [-0.3, -0.25) is 9.59 Å². The highest BCUT2D eigenvalue weighted by molar-refractivity contribution is 6.32. The first-order chi connectivity index (χ1) is 9.08. The van der Waals surface area contributed by atoms with Crippen LogP contribution in [-0.2, 0) is 4.79 Å². The quantitative estimate of drug-likeness (QED) is 0.852. The number of nitrogens with zero attached hydrogens (tertiary/aromatic N) is 2. The fraction of sp³-hybridized carbons (Fsp3) is 0.462. The maximum atomic E-state index is 12.3. The number of carbonyl (C=O) groups excluding carboxylic acids is 2. The molecule has 1 aliphatic rings. The van der Waals surface area contributed by atoms with Crippen molar-refractivity contribution < 1.29 is 9.59 Å². The van der Waals surface area contributed by atoms with E-state index in [1.54, 1.807) is 23.2 Å². The van der Waals surface area contributed by atoms with E-state index in [-0.39, 0.29) is 22.9 Å². The van der Waals surface area contributed by atoms with E-state index in [0.717, 1.165) is 12.8 Å². The van der Waals surface area contributed by atoms with Gasteiger partial charge in [0.1, 0.15) is 5.15 Å². The first-order valence-corrected chi connectivity index (χ1v) is 6.64. The lowest BCUT2D eigenvalue weighted by Crippen LogP contribution is -2.39. The highest BCUT2D eigenvalue weighted by Gasteiger charge is 2.25. The fourth-order valence-electron chi connectivity index (χ4n) is 2.34. The third kappa shape index (κ3) is 3.44. The number of aromatic nitrogens is 1. The average molecular weight is 282 g/mol. The van der Waals surface area contributed by atoms with Gasteiger partial charge in [-0.2, -0.15) is 0 Å². The van der Waals surface area contributed by atoms with Crippen LogP contribution in [0.2, 0.25) is 5.15 Å². The standard InChI is InChI=1S/C13H16ClN3O2/c14-12-10(2-1-5-16-12)13(19)17-6-3-9(4-7-17)8-11(15)18/h1-2,5,9H,3-4,6-8H2,(H2,15,18). The Morgan fingerprint density at radius 3 is 2.68 bits per heavy atom. The van der Waals surface area contributed by atoms with Gasteiger partial charge in [0.15, 0.2) is 0 Å². The molecule has 2 heterocycles. The zero-order valence-corrected chi connectivity index (χ0v) is 11.3. The number of nitrogens with two attached hydrogens (primary N) is 1. The molecule has 2 rings (SSSR count). The maximum Gasteiger partial charge on any atom is 0.256 e. The normalized spacial score (nSPS) is 16.4. The number of primary amides is 1. The Hall–Kier alpha value is -1.62. The van der Waals surface area contributed by atoms with Crippen LogP contribution in [0.1, 0.15) is 29.6 Å². The third-order valence-electron chi connectivity index (χ3n) is 3.38. The maximum absolute atomic E-state index is 12.3. The van der Waals surface area contributed by atoms with Gasteiger partial charge in [-0.05, 0) is 30.9 Å². The minimum atomic E-state index is -0.278. The third-order valence-corrected chi connectivity index (χ3v) is 3.68. The van der Waals surface area contributed by atoms with Crippen molar-refractivity contribution in [3.63, 3.8) is 0 Å². The van der Waals surface area contributed by atoms with E-state index < -0.39 is 0 Å². The van der Waals surface area contributed by atoms with Crippen molar-refractivity contribution in [1.29, 1.82) is 0 Å². The first-order valence-electron chi connectivity index (χ1n) is 6.26. The Balaban J connectivity index is 1.96. The summed E-state index contributed by atoms with van der Waals surface area (Å²) in [5.74, 6) is -0.0957. The molecule has 1 aromatic heterocycles. The number of likely N-dealkylation sites (tertiary alicyclic amines) is 1. The predicted molar refractivity (Wildman–Crippen MR) is 71.7 cm³/mol. The molecule has 102 valence electrons. The molecule has 0 spiro atoms. The van der Waals surface area contributed by atoms with Crippen LogP contribution in [0.3, 0.4) is 0 Å². The van der Waals surface area contributed by atoms with Crippen molar-refractivity contribution in [3.8, 4) is 0 Å². The molecule has 2 N–H and O–H groups in total. The molecule has 19 heavy (non-hydrogen) atoms. The molecule has 5 nitrogen and oxygen atoms in total. The highest BCUT2D eigenvalue weighted by atomic mass is 35.5. The Labute approximate surface area is 116 Å². The SMILES string of the molecule is NC(=O)CC1CCN(C(=O)c2cccnc2Cl)CC1. The largest absolute Gasteiger partial charge is 0.370 e. The van der Waals surface area contributed by atoms with Crippen molar-refractivity contribution in [2.24, 2.45) is 11.7 Å². The van der Waals surface area contributed by atoms with Gasteiger partial charge in [-0.25, -0.2) is 4.98 Å². The minimum absolute atomic E-state index is 0.101. The second kappa shape index (κ2) is 6.02. The molecule has 0 aliphatic carbocycles. The summed E-state index contributed by atoms with van der Waals surface area (Å²) in [5.41, 5.74) is 5.61. The van der Waals surface area contributed by atoms with Crippen LogP contribution in [0, 0.1) is 5.92 Å². The Bertz CT molecular complexity index is 485. The van der Waals surface area contributed by atoms with Gasteiger partial charge in [0.05, 0.1) is 5.56 Å². The fourth-order valence-corrected chi connectivity index (χ4v) is 2.54. The molecule has 1 aromatic rings. The molecule has 1 saturated heterocycles. The lowest BCUT2D eigenvalue weighted by molar-refractivity contribution is -0.119. The molecular formula is C13H16ClN3O2. The van der Waals surface area contributed by atoms with E-state index in [1.807, 2.05) is 0 Å².